The number of rotatable bonds is 2. The highest BCUT2D eigenvalue weighted by molar-refractivity contribution is 7.80. The number of thiol groups is 1. The van der Waals surface area contributed by atoms with Crippen LogP contribution in [0.5, 0.6) is 0 Å². The van der Waals surface area contributed by atoms with Crippen LogP contribution in [0.15, 0.2) is 24.3 Å². The van der Waals surface area contributed by atoms with Gasteiger partial charge in [0.2, 0.25) is 5.91 Å². The molecule has 1 aliphatic rings. The number of hydrogen-bond acceptors (Lipinski definition) is 6. The van der Waals surface area contributed by atoms with Gasteiger partial charge in [-0.15, -0.1) is 12.6 Å². The van der Waals surface area contributed by atoms with Gasteiger partial charge in [0.1, 0.15) is 11.3 Å². The maximum atomic E-state index is 11.2. The summed E-state index contributed by atoms with van der Waals surface area (Å²) in [7, 11) is 0. The zero-order valence-electron chi connectivity index (χ0n) is 9.29. The van der Waals surface area contributed by atoms with Crippen LogP contribution in [-0.4, -0.2) is 26.3 Å². The van der Waals surface area contributed by atoms with Crippen molar-refractivity contribution in [3.63, 3.8) is 0 Å². The first kappa shape index (κ1) is 11.7. The molecule has 2 heterocycles. The smallest absolute Gasteiger partial charge is 0.249 e. The predicted octanol–water partition coefficient (Wildman–Crippen LogP) is -0.270. The number of carbonyl (C=O) groups is 1. The van der Waals surface area contributed by atoms with Crippen molar-refractivity contribution in [2.24, 2.45) is 5.73 Å². The topological polar surface area (TPSA) is 84.1 Å². The zero-order valence-corrected chi connectivity index (χ0v) is 10.2. The van der Waals surface area contributed by atoms with Gasteiger partial charge in [-0.25, -0.2) is 0 Å². The summed E-state index contributed by atoms with van der Waals surface area (Å²) in [5, 5.41) is 2.64. The summed E-state index contributed by atoms with van der Waals surface area (Å²) < 4.78 is 0. The highest BCUT2D eigenvalue weighted by atomic mass is 32.1. The molecule has 1 aliphatic heterocycles. The second-order valence-electron chi connectivity index (χ2n) is 3.73. The molecule has 1 aromatic rings. The third-order valence-electron chi connectivity index (χ3n) is 2.34. The van der Waals surface area contributed by atoms with E-state index >= 15 is 0 Å². The van der Waals surface area contributed by atoms with Crippen molar-refractivity contribution in [1.29, 1.82) is 0 Å². The molecule has 0 bridgehead atoms. The fraction of sp³-hybridized carbons (Fsp3) is 0.300. The molecule has 0 fully saturated rings. The first-order chi connectivity index (χ1) is 8.06. The molecule has 6 nitrogen and oxygen atoms in total. The maximum Gasteiger partial charge on any atom is 0.249 e. The van der Waals surface area contributed by atoms with Crippen molar-refractivity contribution >= 4 is 18.5 Å². The zero-order chi connectivity index (χ0) is 12.4. The average molecular weight is 251 g/mol. The van der Waals surface area contributed by atoms with Gasteiger partial charge in [-0.3, -0.25) is 14.8 Å². The molecule has 90 valence electrons. The number of nitrogens with one attached hydrogen (secondary N) is 1. The lowest BCUT2D eigenvalue weighted by molar-refractivity contribution is -0.118. The first-order valence-electron chi connectivity index (χ1n) is 5.06. The van der Waals surface area contributed by atoms with Crippen LogP contribution in [0.4, 0.5) is 0 Å². The maximum absolute atomic E-state index is 11.2. The van der Waals surface area contributed by atoms with E-state index < -0.39 is 5.50 Å². The Balaban J connectivity index is 2.15. The number of aromatic nitrogens is 2. The second-order valence-corrected chi connectivity index (χ2v) is 4.22. The minimum atomic E-state index is -0.449. The molecule has 1 atom stereocenters. The van der Waals surface area contributed by atoms with Gasteiger partial charge in [-0.2, -0.15) is 0 Å². The van der Waals surface area contributed by atoms with Gasteiger partial charge in [0.15, 0.2) is 0 Å². The summed E-state index contributed by atoms with van der Waals surface area (Å²) in [6.07, 6.45) is 4.69. The molecule has 7 heteroatoms. The first-order valence-corrected chi connectivity index (χ1v) is 5.58. The Morgan fingerprint density at radius 1 is 1.53 bits per heavy atom. The van der Waals surface area contributed by atoms with Crippen molar-refractivity contribution < 1.29 is 4.79 Å². The number of nitrogens with two attached hydrogens (primary N) is 1. The summed E-state index contributed by atoms with van der Waals surface area (Å²) in [5.41, 5.74) is 6.94. The Morgan fingerprint density at radius 2 is 2.29 bits per heavy atom. The van der Waals surface area contributed by atoms with E-state index in [1.165, 1.54) is 6.08 Å². The molecule has 0 spiro atoms. The van der Waals surface area contributed by atoms with Gasteiger partial charge in [-0.1, -0.05) is 0 Å². The molecular weight excluding hydrogens is 238 g/mol. The quantitative estimate of drug-likeness (QED) is 0.630. The largest absolute Gasteiger partial charge is 0.385 e. The molecule has 0 saturated heterocycles. The predicted molar refractivity (Wildman–Crippen MR) is 65.5 cm³/mol. The van der Waals surface area contributed by atoms with Gasteiger partial charge in [0.25, 0.3) is 0 Å². The summed E-state index contributed by atoms with van der Waals surface area (Å²) in [5.74, 6) is 0.130. The van der Waals surface area contributed by atoms with E-state index in [9.17, 15) is 4.79 Å². The SMILES string of the molecule is Cc1cnc(CN2C(N)=CC(=O)NC2S)cn1. The summed E-state index contributed by atoms with van der Waals surface area (Å²) >= 11 is 4.25. The summed E-state index contributed by atoms with van der Waals surface area (Å²) in [6, 6.07) is 0. The molecule has 2 rings (SSSR count). The van der Waals surface area contributed by atoms with Gasteiger partial charge >= 0.3 is 0 Å². The lowest BCUT2D eigenvalue weighted by Gasteiger charge is -2.33. The summed E-state index contributed by atoms with van der Waals surface area (Å²) in [6.45, 7) is 2.32. The molecule has 17 heavy (non-hydrogen) atoms. The highest BCUT2D eigenvalue weighted by Gasteiger charge is 2.23. The molecule has 0 saturated carbocycles. The van der Waals surface area contributed by atoms with Gasteiger partial charge in [0.05, 0.1) is 24.1 Å². The van der Waals surface area contributed by atoms with Crippen LogP contribution in [0.2, 0.25) is 0 Å². The molecule has 1 aromatic heterocycles. The van der Waals surface area contributed by atoms with E-state index in [-0.39, 0.29) is 5.91 Å². The summed E-state index contributed by atoms with van der Waals surface area (Å²) in [4.78, 5) is 21.3. The number of aryl methyl sites for hydroxylation is 1. The molecular formula is C10H13N5OS. The van der Waals surface area contributed by atoms with Crippen LogP contribution in [0.25, 0.3) is 0 Å². The molecule has 3 N–H and O–H groups in total. The lowest BCUT2D eigenvalue weighted by Crippen LogP contribution is -2.49. The van der Waals surface area contributed by atoms with Crippen molar-refractivity contribution in [2.45, 2.75) is 19.0 Å². The Hall–Kier alpha value is -1.76. The van der Waals surface area contributed by atoms with E-state index in [2.05, 4.69) is 27.9 Å². The van der Waals surface area contributed by atoms with Crippen LogP contribution in [0, 0.1) is 6.92 Å². The second kappa shape index (κ2) is 4.62. The Morgan fingerprint density at radius 3 is 2.88 bits per heavy atom. The van der Waals surface area contributed by atoms with Crippen molar-refractivity contribution in [3.8, 4) is 0 Å². The van der Waals surface area contributed by atoms with Crippen LogP contribution >= 0.6 is 12.6 Å². The van der Waals surface area contributed by atoms with Crippen molar-refractivity contribution in [1.82, 2.24) is 20.2 Å². The molecule has 1 unspecified atom stereocenters. The monoisotopic (exact) mass is 251 g/mol. The molecule has 1 amide bonds. The minimum Gasteiger partial charge on any atom is -0.385 e. The molecule has 0 aliphatic carbocycles. The standard InChI is InChI=1S/C10H13N5OS/c1-6-3-13-7(4-12-6)5-15-8(11)2-9(16)14-10(15)17/h2-4,10,17H,5,11H2,1H3,(H,14,16). The van der Waals surface area contributed by atoms with Crippen molar-refractivity contribution in [2.75, 3.05) is 0 Å². The minimum absolute atomic E-state index is 0.242. The number of carbonyl (C=O) groups excluding carboxylic acids is 1. The molecule has 0 radical (unpaired) electrons. The third-order valence-corrected chi connectivity index (χ3v) is 2.75. The van der Waals surface area contributed by atoms with Crippen molar-refractivity contribution in [3.05, 3.63) is 35.7 Å². The van der Waals surface area contributed by atoms with Gasteiger partial charge in [-0.05, 0) is 6.92 Å². The number of nitrogens with zero attached hydrogens (tertiary/aromatic N) is 3. The van der Waals surface area contributed by atoms with Crippen LogP contribution in [-0.2, 0) is 11.3 Å². The number of hydrogen-bond donors (Lipinski definition) is 3. The van der Waals surface area contributed by atoms with Crippen LogP contribution < -0.4 is 11.1 Å². The fourth-order valence-electron chi connectivity index (χ4n) is 1.46. The normalized spacial score (nSPS) is 19.9. The van der Waals surface area contributed by atoms with E-state index in [0.29, 0.717) is 12.4 Å². The number of amides is 1. The Bertz CT molecular complexity index is 458. The van der Waals surface area contributed by atoms with E-state index in [4.69, 9.17) is 5.73 Å². The molecule has 0 aromatic carbocycles. The van der Waals surface area contributed by atoms with E-state index in [0.717, 1.165) is 11.4 Å². The van der Waals surface area contributed by atoms with Gasteiger partial charge in [0, 0.05) is 12.3 Å². The fourth-order valence-corrected chi connectivity index (χ4v) is 1.80. The van der Waals surface area contributed by atoms with E-state index in [1.54, 1.807) is 17.3 Å². The Kier molecular flexibility index (Phi) is 3.19. The van der Waals surface area contributed by atoms with E-state index in [1.807, 2.05) is 6.92 Å². The highest BCUT2D eigenvalue weighted by Crippen LogP contribution is 2.14. The van der Waals surface area contributed by atoms with Crippen LogP contribution in [0.3, 0.4) is 0 Å². The van der Waals surface area contributed by atoms with Gasteiger partial charge < -0.3 is 16.0 Å². The van der Waals surface area contributed by atoms with Crippen LogP contribution in [0.1, 0.15) is 11.4 Å². The lowest BCUT2D eigenvalue weighted by atomic mass is 10.3. The average Bonchev–Trinajstić information content (AvgIpc) is 2.26. The Labute approximate surface area is 104 Å². The third kappa shape index (κ3) is 2.68.